The van der Waals surface area contributed by atoms with Crippen molar-refractivity contribution in [3.05, 3.63) is 47.0 Å². The molecular weight excluding hydrogens is 351 g/mol. The van der Waals surface area contributed by atoms with Gasteiger partial charge in [0.1, 0.15) is 0 Å². The number of hydrogen-bond acceptors (Lipinski definition) is 3. The fraction of sp³-hybridized carbons (Fsp3) is 0.429. The van der Waals surface area contributed by atoms with Crippen LogP contribution in [0.4, 0.5) is 24.5 Å². The number of aryl methyl sites for hydroxylation is 1. The Morgan fingerprint density at radius 3 is 2.81 bits per heavy atom. The van der Waals surface area contributed by atoms with Crippen LogP contribution in [0.25, 0.3) is 11.1 Å². The molecule has 0 aromatic heterocycles. The van der Waals surface area contributed by atoms with Crippen LogP contribution in [0, 0.1) is 0 Å². The Kier molecular flexibility index (Phi) is 3.69. The van der Waals surface area contributed by atoms with Crippen molar-refractivity contribution >= 4 is 11.4 Å². The molecule has 3 N–H and O–H groups in total. The van der Waals surface area contributed by atoms with Crippen LogP contribution in [0.3, 0.4) is 0 Å². The molecule has 6 heteroatoms. The van der Waals surface area contributed by atoms with E-state index in [4.69, 9.17) is 5.73 Å². The Labute approximate surface area is 156 Å². The van der Waals surface area contributed by atoms with E-state index in [0.717, 1.165) is 45.0 Å². The molecule has 0 radical (unpaired) electrons. The number of nitrogens with one attached hydrogen (secondary N) is 1. The highest BCUT2D eigenvalue weighted by atomic mass is 19.4. The highest BCUT2D eigenvalue weighted by Crippen LogP contribution is 2.50. The standard InChI is InChI=1S/C21H22F3N3/c22-21(23,24)18-10-14(25)3-4-15(18)13-8-12-2-1-7-27-19-5-6-26-11-17(19)16(9-13)20(12)27/h3-4,8-10,17,19,26H,1-2,5-7,11,25H2/t17-,19-/m0/s1. The quantitative estimate of drug-likeness (QED) is 0.738. The fourth-order valence-corrected chi connectivity index (χ4v) is 5.16. The van der Waals surface area contributed by atoms with Crippen LogP contribution >= 0.6 is 0 Å². The largest absolute Gasteiger partial charge is 0.417 e. The molecule has 0 bridgehead atoms. The highest BCUT2D eigenvalue weighted by Gasteiger charge is 2.42. The van der Waals surface area contributed by atoms with Crippen LogP contribution in [0.2, 0.25) is 0 Å². The van der Waals surface area contributed by atoms with Crippen molar-refractivity contribution in [1.29, 1.82) is 0 Å². The van der Waals surface area contributed by atoms with Gasteiger partial charge < -0.3 is 16.0 Å². The van der Waals surface area contributed by atoms with E-state index in [9.17, 15) is 13.2 Å². The van der Waals surface area contributed by atoms with Gasteiger partial charge in [0.05, 0.1) is 5.56 Å². The number of nitrogens with zero attached hydrogens (tertiary/aromatic N) is 1. The average Bonchev–Trinajstić information content (AvgIpc) is 2.97. The molecule has 0 amide bonds. The number of benzene rings is 2. The molecule has 3 nitrogen and oxygen atoms in total. The third-order valence-corrected chi connectivity index (χ3v) is 6.26. The lowest BCUT2D eigenvalue weighted by Crippen LogP contribution is -2.45. The molecule has 0 unspecified atom stereocenters. The van der Waals surface area contributed by atoms with E-state index >= 15 is 0 Å². The Morgan fingerprint density at radius 2 is 2.00 bits per heavy atom. The molecule has 1 saturated heterocycles. The second-order valence-electron chi connectivity index (χ2n) is 7.84. The van der Waals surface area contributed by atoms with Gasteiger partial charge in [0.2, 0.25) is 0 Å². The molecule has 0 aliphatic carbocycles. The van der Waals surface area contributed by atoms with Gasteiger partial charge in [-0.25, -0.2) is 0 Å². The number of nitrogens with two attached hydrogens (primary N) is 1. The monoisotopic (exact) mass is 373 g/mol. The van der Waals surface area contributed by atoms with Crippen molar-refractivity contribution in [2.75, 3.05) is 30.3 Å². The fourth-order valence-electron chi connectivity index (χ4n) is 5.16. The third-order valence-electron chi connectivity index (χ3n) is 6.26. The maximum absolute atomic E-state index is 13.6. The molecule has 142 valence electrons. The van der Waals surface area contributed by atoms with Gasteiger partial charge in [-0.2, -0.15) is 13.2 Å². The summed E-state index contributed by atoms with van der Waals surface area (Å²) < 4.78 is 40.9. The maximum atomic E-state index is 13.6. The first-order chi connectivity index (χ1) is 12.9. The van der Waals surface area contributed by atoms with Crippen molar-refractivity contribution in [2.45, 2.75) is 37.4 Å². The molecule has 2 atom stereocenters. The van der Waals surface area contributed by atoms with E-state index in [1.165, 1.54) is 22.9 Å². The van der Waals surface area contributed by atoms with E-state index in [1.807, 2.05) is 12.1 Å². The molecule has 3 heterocycles. The minimum atomic E-state index is -4.43. The molecule has 3 aliphatic heterocycles. The lowest BCUT2D eigenvalue weighted by molar-refractivity contribution is -0.137. The highest BCUT2D eigenvalue weighted by molar-refractivity contribution is 5.79. The van der Waals surface area contributed by atoms with Crippen molar-refractivity contribution in [3.8, 4) is 11.1 Å². The minimum Gasteiger partial charge on any atom is -0.399 e. The third kappa shape index (κ3) is 2.61. The van der Waals surface area contributed by atoms with Crippen molar-refractivity contribution in [1.82, 2.24) is 5.32 Å². The smallest absolute Gasteiger partial charge is 0.399 e. The second-order valence-corrected chi connectivity index (χ2v) is 7.84. The topological polar surface area (TPSA) is 41.3 Å². The predicted molar refractivity (Wildman–Crippen MR) is 101 cm³/mol. The summed E-state index contributed by atoms with van der Waals surface area (Å²) in [5, 5.41) is 3.46. The normalized spacial score (nSPS) is 23.9. The van der Waals surface area contributed by atoms with Crippen LogP contribution in [0.1, 0.15) is 35.4 Å². The summed E-state index contributed by atoms with van der Waals surface area (Å²) in [4.78, 5) is 2.51. The Hall–Kier alpha value is -2.21. The average molecular weight is 373 g/mol. The first kappa shape index (κ1) is 16.9. The number of fused-ring (bicyclic) bond motifs is 3. The Balaban J connectivity index is 1.70. The lowest BCUT2D eigenvalue weighted by atomic mass is 9.86. The van der Waals surface area contributed by atoms with E-state index < -0.39 is 11.7 Å². The van der Waals surface area contributed by atoms with E-state index in [-0.39, 0.29) is 11.3 Å². The lowest BCUT2D eigenvalue weighted by Gasteiger charge is -2.36. The molecule has 0 spiro atoms. The summed E-state index contributed by atoms with van der Waals surface area (Å²) in [6.07, 6.45) is -1.36. The van der Waals surface area contributed by atoms with Gasteiger partial charge in [-0.3, -0.25) is 0 Å². The number of rotatable bonds is 1. The van der Waals surface area contributed by atoms with Crippen molar-refractivity contribution in [2.24, 2.45) is 0 Å². The summed E-state index contributed by atoms with van der Waals surface area (Å²) in [6.45, 7) is 2.95. The van der Waals surface area contributed by atoms with Crippen molar-refractivity contribution < 1.29 is 13.2 Å². The van der Waals surface area contributed by atoms with Gasteiger partial charge in [0.25, 0.3) is 0 Å². The molecular formula is C21H22F3N3. The van der Waals surface area contributed by atoms with Crippen molar-refractivity contribution in [3.63, 3.8) is 0 Å². The number of alkyl halides is 3. The molecule has 27 heavy (non-hydrogen) atoms. The molecule has 3 aliphatic rings. The van der Waals surface area contributed by atoms with E-state index in [1.54, 1.807) is 6.07 Å². The molecule has 2 aromatic rings. The van der Waals surface area contributed by atoms with Crippen LogP contribution in [0.15, 0.2) is 30.3 Å². The first-order valence-corrected chi connectivity index (χ1v) is 9.55. The summed E-state index contributed by atoms with van der Waals surface area (Å²) in [6, 6.07) is 8.56. The zero-order valence-electron chi connectivity index (χ0n) is 14.9. The summed E-state index contributed by atoms with van der Waals surface area (Å²) >= 11 is 0. The Bertz CT molecular complexity index is 906. The summed E-state index contributed by atoms with van der Waals surface area (Å²) in [7, 11) is 0. The molecule has 2 aromatic carbocycles. The molecule has 5 rings (SSSR count). The molecule has 0 saturated carbocycles. The number of hydrogen-bond donors (Lipinski definition) is 2. The second kappa shape index (κ2) is 5.89. The van der Waals surface area contributed by atoms with E-state index in [0.29, 0.717) is 17.5 Å². The molecule has 1 fully saturated rings. The van der Waals surface area contributed by atoms with Crippen LogP contribution in [0.5, 0.6) is 0 Å². The Morgan fingerprint density at radius 1 is 1.15 bits per heavy atom. The van der Waals surface area contributed by atoms with Gasteiger partial charge >= 0.3 is 6.18 Å². The first-order valence-electron chi connectivity index (χ1n) is 9.55. The summed E-state index contributed by atoms with van der Waals surface area (Å²) in [5.74, 6) is 0.355. The number of piperidine rings is 1. The minimum absolute atomic E-state index is 0.135. The van der Waals surface area contributed by atoms with E-state index in [2.05, 4.69) is 10.2 Å². The summed E-state index contributed by atoms with van der Waals surface area (Å²) in [5.41, 5.74) is 9.69. The SMILES string of the molecule is Nc1ccc(-c2cc3c4c(c2)[C@@H]2CNCC[C@@H]2N4CCC3)c(C(F)(F)F)c1. The van der Waals surface area contributed by atoms with Crippen LogP contribution < -0.4 is 16.0 Å². The van der Waals surface area contributed by atoms with Gasteiger partial charge in [0.15, 0.2) is 0 Å². The van der Waals surface area contributed by atoms with Crippen LogP contribution in [-0.2, 0) is 12.6 Å². The van der Waals surface area contributed by atoms with Gasteiger partial charge in [-0.05, 0) is 72.3 Å². The van der Waals surface area contributed by atoms with Gasteiger partial charge in [-0.1, -0.05) is 6.07 Å². The number of nitrogen functional groups attached to an aromatic ring is 1. The van der Waals surface area contributed by atoms with Gasteiger partial charge in [0, 0.05) is 36.4 Å². The van der Waals surface area contributed by atoms with Gasteiger partial charge in [-0.15, -0.1) is 0 Å². The zero-order chi connectivity index (χ0) is 18.8. The maximum Gasteiger partial charge on any atom is 0.417 e. The number of anilines is 2. The predicted octanol–water partition coefficient (Wildman–Crippen LogP) is 4.17. The zero-order valence-corrected chi connectivity index (χ0v) is 14.9. The number of halogens is 3. The van der Waals surface area contributed by atoms with Crippen LogP contribution in [-0.4, -0.2) is 25.7 Å².